The number of methoxy groups -OCH3 is 1. The zero-order valence-electron chi connectivity index (χ0n) is 28.5. The van der Waals surface area contributed by atoms with Gasteiger partial charge in [-0.25, -0.2) is 15.2 Å². The van der Waals surface area contributed by atoms with Gasteiger partial charge in [-0.1, -0.05) is 11.8 Å². The number of hydrogen-bond donors (Lipinski definition) is 0. The second kappa shape index (κ2) is 19.9. The van der Waals surface area contributed by atoms with Crippen LogP contribution in [0.15, 0.2) is 46.7 Å². The van der Waals surface area contributed by atoms with Gasteiger partial charge in [0.2, 0.25) is 11.2 Å². The van der Waals surface area contributed by atoms with Crippen LogP contribution in [0.2, 0.25) is 0 Å². The molecular weight excluding hydrogens is 620 g/mol. The Morgan fingerprint density at radius 3 is 1.98 bits per heavy atom. The summed E-state index contributed by atoms with van der Waals surface area (Å²) in [5.41, 5.74) is 0.0664. The van der Waals surface area contributed by atoms with E-state index in [1.165, 1.54) is 31.4 Å². The van der Waals surface area contributed by atoms with Crippen molar-refractivity contribution in [3.05, 3.63) is 100 Å². The predicted molar refractivity (Wildman–Crippen MR) is 175 cm³/mol. The molecule has 2 aromatic carbocycles. The molecule has 0 aliphatic carbocycles. The van der Waals surface area contributed by atoms with Crippen LogP contribution in [0.25, 0.3) is 0 Å². The van der Waals surface area contributed by atoms with Crippen LogP contribution in [-0.2, 0) is 19.1 Å². The summed E-state index contributed by atoms with van der Waals surface area (Å²) in [4.78, 5) is 11.5. The van der Waals surface area contributed by atoms with Gasteiger partial charge in [-0.05, 0) is 54.8 Å². The molecule has 0 saturated carbocycles. The Kier molecular flexibility index (Phi) is 17.0. The number of benzene rings is 2. The molecule has 2 fully saturated rings. The van der Waals surface area contributed by atoms with E-state index in [-0.39, 0.29) is 87.5 Å². The molecule has 0 amide bonds. The van der Waals surface area contributed by atoms with E-state index >= 15 is 0 Å². The zero-order chi connectivity index (χ0) is 33.9. The van der Waals surface area contributed by atoms with Crippen molar-refractivity contribution in [3.8, 4) is 35.2 Å². The van der Waals surface area contributed by atoms with E-state index in [0.29, 0.717) is 48.4 Å². The van der Waals surface area contributed by atoms with Gasteiger partial charge in [-0.2, -0.15) is 18.3 Å². The fourth-order valence-corrected chi connectivity index (χ4v) is 4.14. The van der Waals surface area contributed by atoms with Crippen LogP contribution < -0.4 is 47.2 Å². The predicted octanol–water partition coefficient (Wildman–Crippen LogP) is -0.176. The van der Waals surface area contributed by atoms with E-state index < -0.39 is 22.8 Å². The number of hydrogen-bond acceptors (Lipinski definition) is 8. The van der Waals surface area contributed by atoms with E-state index in [1.54, 1.807) is 18.6 Å². The van der Waals surface area contributed by atoms with Crippen LogP contribution in [0.1, 0.15) is 30.4 Å². The molecule has 4 rings (SSSR count). The van der Waals surface area contributed by atoms with Crippen molar-refractivity contribution in [2.75, 3.05) is 40.1 Å². The summed E-state index contributed by atoms with van der Waals surface area (Å²) in [5.74, 6) is 10.7. The molecule has 0 N–H and O–H groups in total. The van der Waals surface area contributed by atoms with Crippen molar-refractivity contribution in [2.24, 2.45) is 22.1 Å². The van der Waals surface area contributed by atoms with Gasteiger partial charge >= 0.3 is 37.7 Å². The van der Waals surface area contributed by atoms with Crippen LogP contribution in [0.4, 0.5) is 8.78 Å². The van der Waals surface area contributed by atoms with E-state index in [9.17, 15) is 8.78 Å². The minimum atomic E-state index is -0.953. The van der Waals surface area contributed by atoms with E-state index in [0.717, 1.165) is 0 Å². The normalized spacial score (nSPS) is 19.2. The molecule has 3 atom stereocenters. The maximum absolute atomic E-state index is 14.5. The van der Waals surface area contributed by atoms with Crippen LogP contribution in [0.5, 0.6) is 11.5 Å². The first-order valence-corrected chi connectivity index (χ1v) is 15.0. The first kappa shape index (κ1) is 42.0. The van der Waals surface area contributed by atoms with Gasteiger partial charge in [0.1, 0.15) is 19.8 Å². The number of rotatable bonds is 13. The second-order valence-corrected chi connectivity index (χ2v) is 11.1. The summed E-state index contributed by atoms with van der Waals surface area (Å²) in [6.07, 6.45) is 3.29. The average molecular weight is 659 g/mol. The zero-order valence-corrected chi connectivity index (χ0v) is 28.5. The molecule has 2 aliphatic rings. The molecule has 1 unspecified atom stereocenters. The maximum atomic E-state index is 14.5. The standard InChI is InChI=1S/C37H38F2N2O6.2Li/c1-7-26(2)28(4)40-46-36(18-20-43-23-36)16-14-31-11-13-33(39)35(22-31)45-19-8-9-27(3)29(5)41-47-37(24-44-25-37)17-15-30-10-12-32(38)34(21-30)42-6;;/h8,10-13,21-22,26-27H,1-5,7,9,18-20,23-25H2,6H3;;/q-6;2*+1/b40-28+,41-29+;;/t26-,27-,36?;;/m0../s1. The molecule has 2 heterocycles. The number of nitrogens with zero attached hydrogens (tertiary/aromatic N) is 2. The Balaban J connectivity index is 0.00000417. The second-order valence-electron chi connectivity index (χ2n) is 11.1. The number of ether oxygens (including phenoxy) is 4. The smallest absolute Gasteiger partial charge is 0.522 e. The van der Waals surface area contributed by atoms with Gasteiger partial charge in [0.25, 0.3) is 0 Å². The molecule has 2 aliphatic heterocycles. The fourth-order valence-electron chi connectivity index (χ4n) is 4.14. The van der Waals surface area contributed by atoms with Crippen LogP contribution >= 0.6 is 0 Å². The largest absolute Gasteiger partial charge is 1.00 e. The van der Waals surface area contributed by atoms with Crippen molar-refractivity contribution >= 4 is 11.4 Å². The van der Waals surface area contributed by atoms with Crippen molar-refractivity contribution in [1.82, 2.24) is 0 Å². The Hall–Kier alpha value is -3.19. The SMILES string of the molecule is [CH2-]C[C@H]([CH2-])/C([CH2-])=N/OC1(C#Cc2ccc(F)c(OC[CH-]C[C@H]([CH2-])/C([CH2-])=N/OC3(C#Cc4ccc(F)c(OC)c4)COC3)c2)CCOC1.[Li+].[Li+]. The topological polar surface area (TPSA) is 80.1 Å². The third kappa shape index (κ3) is 12.0. The molecule has 0 bridgehead atoms. The summed E-state index contributed by atoms with van der Waals surface area (Å²) >= 11 is 0. The van der Waals surface area contributed by atoms with Gasteiger partial charge in [0.05, 0.1) is 13.7 Å². The van der Waals surface area contributed by atoms with E-state index in [2.05, 4.69) is 68.6 Å². The average Bonchev–Trinajstić information content (AvgIpc) is 3.54. The molecule has 252 valence electrons. The summed E-state index contributed by atoms with van der Waals surface area (Å²) in [5, 5.41) is 8.25. The van der Waals surface area contributed by atoms with Gasteiger partial charge in [-0.3, -0.25) is 6.42 Å². The summed E-state index contributed by atoms with van der Waals surface area (Å²) in [7, 11) is 1.39. The van der Waals surface area contributed by atoms with Crippen molar-refractivity contribution < 1.29 is 75.1 Å². The van der Waals surface area contributed by atoms with Gasteiger partial charge in [-0.15, -0.1) is 21.7 Å². The molecule has 0 spiro atoms. The summed E-state index contributed by atoms with van der Waals surface area (Å²) in [6.45, 7) is 20.9. The molecule has 8 nitrogen and oxygen atoms in total. The molecule has 49 heavy (non-hydrogen) atoms. The van der Waals surface area contributed by atoms with Crippen molar-refractivity contribution in [3.63, 3.8) is 0 Å². The molecule has 2 aromatic rings. The first-order chi connectivity index (χ1) is 22.6. The molecule has 0 radical (unpaired) electrons. The first-order valence-electron chi connectivity index (χ1n) is 15.0. The van der Waals surface area contributed by atoms with E-state index in [1.807, 2.05) is 0 Å². The third-order valence-corrected chi connectivity index (χ3v) is 7.38. The summed E-state index contributed by atoms with van der Waals surface area (Å²) < 4.78 is 49.7. The van der Waals surface area contributed by atoms with E-state index in [4.69, 9.17) is 28.6 Å². The molecule has 12 heteroatoms. The summed E-state index contributed by atoms with van der Waals surface area (Å²) in [6, 6.07) is 8.71. The Morgan fingerprint density at radius 1 is 0.878 bits per heavy atom. The maximum Gasteiger partial charge on any atom is 1.00 e. The molecule has 0 aromatic heterocycles. The number of halogens is 2. The Morgan fingerprint density at radius 2 is 1.43 bits per heavy atom. The minimum absolute atomic E-state index is 0. The van der Waals surface area contributed by atoms with Gasteiger partial charge < -0.3 is 63.2 Å². The van der Waals surface area contributed by atoms with Crippen molar-refractivity contribution in [1.29, 1.82) is 0 Å². The minimum Gasteiger partial charge on any atom is -0.522 e. The number of oxime groups is 2. The Labute approximate surface area is 313 Å². The van der Waals surface area contributed by atoms with Gasteiger partial charge in [0, 0.05) is 17.5 Å². The molecule has 2 saturated heterocycles. The monoisotopic (exact) mass is 658 g/mol. The van der Waals surface area contributed by atoms with Gasteiger partial charge in [0.15, 0.2) is 23.1 Å². The van der Waals surface area contributed by atoms with Crippen molar-refractivity contribution in [2.45, 2.75) is 30.5 Å². The quantitative estimate of drug-likeness (QED) is 0.0743. The Bertz CT molecular complexity index is 1570. The van der Waals surface area contributed by atoms with Crippen LogP contribution in [0, 0.1) is 88.2 Å². The third-order valence-electron chi connectivity index (χ3n) is 7.38. The fraction of sp³-hybridized carbons (Fsp3) is 0.351. The van der Waals surface area contributed by atoms with Crippen LogP contribution in [0.3, 0.4) is 0 Å². The molecular formula is C37H38F2Li2N2O6-4. The van der Waals surface area contributed by atoms with Crippen LogP contribution in [-0.4, -0.2) is 62.8 Å².